The molecule has 2 fully saturated rings. The van der Waals surface area contributed by atoms with E-state index in [0.29, 0.717) is 13.0 Å². The summed E-state index contributed by atoms with van der Waals surface area (Å²) in [6.45, 7) is 2.19. The Morgan fingerprint density at radius 2 is 2.23 bits per heavy atom. The van der Waals surface area contributed by atoms with Crippen LogP contribution in [0.25, 0.3) is 0 Å². The Balaban J connectivity index is 2.08. The molecule has 1 heterocycles. The van der Waals surface area contributed by atoms with Gasteiger partial charge in [0.1, 0.15) is 11.5 Å². The third kappa shape index (κ3) is 1.38. The Labute approximate surface area is 76.8 Å². The fraction of sp³-hybridized carbons (Fsp3) is 1.00. The van der Waals surface area contributed by atoms with Crippen LogP contribution in [0.2, 0.25) is 0 Å². The van der Waals surface area contributed by atoms with E-state index < -0.39 is 14.9 Å². The average molecular weight is 208 g/mol. The lowest BCUT2D eigenvalue weighted by atomic mass is 10.2. The molecule has 76 valence electrons. The standard InChI is InChI=1S/C7H12O5S/c1-7(13(8,9)10)2-5(7)6-3-11-4-12-6/h5-6H,2-4H2,1H3,(H,8,9,10). The highest BCUT2D eigenvalue weighted by atomic mass is 32.2. The average Bonchev–Trinajstić information content (AvgIpc) is 2.51. The Bertz CT molecular complexity index is 305. The van der Waals surface area contributed by atoms with E-state index in [9.17, 15) is 8.42 Å². The predicted molar refractivity (Wildman–Crippen MR) is 43.8 cm³/mol. The monoisotopic (exact) mass is 208 g/mol. The molecule has 0 aromatic heterocycles. The fourth-order valence-electron chi connectivity index (χ4n) is 1.78. The van der Waals surface area contributed by atoms with Gasteiger partial charge in [-0.25, -0.2) is 0 Å². The van der Waals surface area contributed by atoms with E-state index in [1.807, 2.05) is 0 Å². The maximum atomic E-state index is 10.9. The van der Waals surface area contributed by atoms with Crippen molar-refractivity contribution in [1.82, 2.24) is 0 Å². The highest BCUT2D eigenvalue weighted by molar-refractivity contribution is 7.87. The van der Waals surface area contributed by atoms with Gasteiger partial charge in [0, 0.05) is 5.92 Å². The summed E-state index contributed by atoms with van der Waals surface area (Å²) in [6.07, 6.45) is 0.284. The zero-order valence-corrected chi connectivity index (χ0v) is 8.08. The second-order valence-electron chi connectivity index (χ2n) is 3.79. The number of rotatable bonds is 2. The molecule has 3 atom stereocenters. The third-order valence-electron chi connectivity index (χ3n) is 2.94. The summed E-state index contributed by atoms with van der Waals surface area (Å²) in [5, 5.41) is 0. The van der Waals surface area contributed by atoms with Gasteiger partial charge in [-0.1, -0.05) is 0 Å². The van der Waals surface area contributed by atoms with E-state index in [4.69, 9.17) is 14.0 Å². The molecule has 0 bridgehead atoms. The number of ether oxygens (including phenoxy) is 2. The molecule has 13 heavy (non-hydrogen) atoms. The van der Waals surface area contributed by atoms with Gasteiger partial charge in [0.2, 0.25) is 0 Å². The molecule has 0 spiro atoms. The summed E-state index contributed by atoms with van der Waals surface area (Å²) in [5.74, 6) is -0.120. The Morgan fingerprint density at radius 1 is 1.54 bits per heavy atom. The van der Waals surface area contributed by atoms with Crippen molar-refractivity contribution in [1.29, 1.82) is 0 Å². The Hall–Kier alpha value is -0.170. The molecular formula is C7H12O5S. The molecule has 1 saturated carbocycles. The highest BCUT2D eigenvalue weighted by Crippen LogP contribution is 2.52. The lowest BCUT2D eigenvalue weighted by molar-refractivity contribution is 0.0399. The lowest BCUT2D eigenvalue weighted by Gasteiger charge is -2.10. The Kier molecular flexibility index (Phi) is 1.92. The van der Waals surface area contributed by atoms with Crippen molar-refractivity contribution in [2.24, 2.45) is 5.92 Å². The largest absolute Gasteiger partial charge is 0.353 e. The predicted octanol–water partition coefficient (Wildman–Crippen LogP) is 0.0257. The molecular weight excluding hydrogens is 196 g/mol. The minimum Gasteiger partial charge on any atom is -0.353 e. The highest BCUT2D eigenvalue weighted by Gasteiger charge is 2.63. The molecule has 0 aromatic rings. The zero-order chi connectivity index (χ0) is 9.69. The van der Waals surface area contributed by atoms with Crippen molar-refractivity contribution < 1.29 is 22.4 Å². The van der Waals surface area contributed by atoms with Gasteiger partial charge in [-0.3, -0.25) is 4.55 Å². The van der Waals surface area contributed by atoms with E-state index in [2.05, 4.69) is 0 Å². The van der Waals surface area contributed by atoms with Gasteiger partial charge in [0.25, 0.3) is 10.1 Å². The molecule has 6 heteroatoms. The normalized spacial score (nSPS) is 45.1. The topological polar surface area (TPSA) is 72.8 Å². The van der Waals surface area contributed by atoms with Gasteiger partial charge in [-0.15, -0.1) is 0 Å². The summed E-state index contributed by atoms with van der Waals surface area (Å²) >= 11 is 0. The van der Waals surface area contributed by atoms with Crippen LogP contribution in [0.4, 0.5) is 0 Å². The van der Waals surface area contributed by atoms with Gasteiger partial charge >= 0.3 is 0 Å². The summed E-state index contributed by atoms with van der Waals surface area (Å²) < 4.78 is 39.9. The van der Waals surface area contributed by atoms with Crippen LogP contribution in [0.15, 0.2) is 0 Å². The van der Waals surface area contributed by atoms with Crippen molar-refractivity contribution in [2.75, 3.05) is 13.4 Å². The molecule has 0 radical (unpaired) electrons. The molecule has 2 rings (SSSR count). The van der Waals surface area contributed by atoms with Crippen molar-refractivity contribution in [3.05, 3.63) is 0 Å². The van der Waals surface area contributed by atoms with Crippen molar-refractivity contribution in [2.45, 2.75) is 24.2 Å². The van der Waals surface area contributed by atoms with Crippen molar-refractivity contribution in [3.8, 4) is 0 Å². The molecule has 1 aliphatic heterocycles. The maximum absolute atomic E-state index is 10.9. The number of hydrogen-bond donors (Lipinski definition) is 1. The minimum atomic E-state index is -3.95. The molecule has 0 aromatic carbocycles. The van der Waals surface area contributed by atoms with Crippen LogP contribution >= 0.6 is 0 Å². The molecule has 1 N–H and O–H groups in total. The second kappa shape index (κ2) is 2.66. The summed E-state index contributed by atoms with van der Waals surface area (Å²) in [6, 6.07) is 0. The second-order valence-corrected chi connectivity index (χ2v) is 5.67. The summed E-state index contributed by atoms with van der Waals surface area (Å²) in [5.41, 5.74) is 0. The molecule has 3 unspecified atom stereocenters. The van der Waals surface area contributed by atoms with Crippen LogP contribution in [0, 0.1) is 5.92 Å². The summed E-state index contributed by atoms with van der Waals surface area (Å²) in [4.78, 5) is 0. The first-order valence-electron chi connectivity index (χ1n) is 4.11. The first kappa shape index (κ1) is 9.39. The van der Waals surface area contributed by atoms with Gasteiger partial charge < -0.3 is 9.47 Å². The van der Waals surface area contributed by atoms with E-state index in [1.54, 1.807) is 0 Å². The summed E-state index contributed by atoms with van der Waals surface area (Å²) in [7, 11) is -3.95. The first-order chi connectivity index (χ1) is 5.95. The van der Waals surface area contributed by atoms with Crippen molar-refractivity contribution >= 4 is 10.1 Å². The fourth-order valence-corrected chi connectivity index (χ4v) is 2.70. The molecule has 1 aliphatic carbocycles. The quantitative estimate of drug-likeness (QED) is 0.648. The number of hydrogen-bond acceptors (Lipinski definition) is 4. The van der Waals surface area contributed by atoms with Crippen LogP contribution in [-0.4, -0.2) is 37.2 Å². The minimum absolute atomic E-state index is 0.120. The van der Waals surface area contributed by atoms with Gasteiger partial charge in [-0.2, -0.15) is 8.42 Å². The molecule has 0 amide bonds. The van der Waals surface area contributed by atoms with E-state index >= 15 is 0 Å². The van der Waals surface area contributed by atoms with E-state index in [0.717, 1.165) is 0 Å². The molecule has 5 nitrogen and oxygen atoms in total. The Morgan fingerprint density at radius 3 is 2.62 bits per heavy atom. The SMILES string of the molecule is CC1(S(=O)(=O)O)CC1C1COCO1. The van der Waals surface area contributed by atoms with Gasteiger partial charge in [0.15, 0.2) is 0 Å². The van der Waals surface area contributed by atoms with E-state index in [1.165, 1.54) is 6.92 Å². The van der Waals surface area contributed by atoms with E-state index in [-0.39, 0.29) is 18.8 Å². The van der Waals surface area contributed by atoms with Gasteiger partial charge in [-0.05, 0) is 13.3 Å². The smallest absolute Gasteiger partial charge is 0.270 e. The van der Waals surface area contributed by atoms with Gasteiger partial charge in [0.05, 0.1) is 12.7 Å². The van der Waals surface area contributed by atoms with Crippen LogP contribution in [0.5, 0.6) is 0 Å². The molecule has 1 saturated heterocycles. The van der Waals surface area contributed by atoms with Crippen LogP contribution in [-0.2, 0) is 19.6 Å². The zero-order valence-electron chi connectivity index (χ0n) is 7.26. The maximum Gasteiger partial charge on any atom is 0.270 e. The van der Waals surface area contributed by atoms with Crippen LogP contribution in [0.3, 0.4) is 0 Å². The lowest BCUT2D eigenvalue weighted by Crippen LogP contribution is -2.27. The molecule has 2 aliphatic rings. The van der Waals surface area contributed by atoms with Crippen LogP contribution < -0.4 is 0 Å². The van der Waals surface area contributed by atoms with Crippen LogP contribution in [0.1, 0.15) is 13.3 Å². The first-order valence-corrected chi connectivity index (χ1v) is 5.55. The third-order valence-corrected chi connectivity index (χ3v) is 4.58. The van der Waals surface area contributed by atoms with Crippen molar-refractivity contribution in [3.63, 3.8) is 0 Å².